The zero-order valence-electron chi connectivity index (χ0n) is 13.9. The predicted octanol–water partition coefficient (Wildman–Crippen LogP) is 2.15. The third kappa shape index (κ3) is 3.39. The minimum atomic E-state index is -0.453. The number of anilines is 2. The highest BCUT2D eigenvalue weighted by molar-refractivity contribution is 7.99. The molecule has 6 nitrogen and oxygen atoms in total. The highest BCUT2D eigenvalue weighted by Gasteiger charge is 2.32. The maximum atomic E-state index is 14.9. The lowest BCUT2D eigenvalue weighted by Crippen LogP contribution is -2.36. The molecule has 4 N–H and O–H groups in total. The van der Waals surface area contributed by atoms with E-state index in [1.165, 1.54) is 4.31 Å². The van der Waals surface area contributed by atoms with E-state index < -0.39 is 5.82 Å². The number of rotatable bonds is 6. The standard InChI is InChI=1S/C16H23FN4O2S/c1-3-4-9(2)18-7-10-5-11-12(19-10)6-13(22)16(15(11)17)21-8-14(23)20-24-21/h6,9-10,18-19,22H,3-5,7-8H2,1-2H3,(H,20,23). The van der Waals surface area contributed by atoms with E-state index in [1.807, 2.05) is 0 Å². The molecule has 24 heavy (non-hydrogen) atoms. The van der Waals surface area contributed by atoms with Gasteiger partial charge in [0.05, 0.1) is 12.1 Å². The van der Waals surface area contributed by atoms with Crippen molar-refractivity contribution in [2.24, 2.45) is 0 Å². The number of amides is 1. The minimum absolute atomic E-state index is 0.0286. The number of phenols is 1. The lowest BCUT2D eigenvalue weighted by atomic mass is 10.1. The van der Waals surface area contributed by atoms with Crippen LogP contribution in [0.25, 0.3) is 0 Å². The second-order valence-electron chi connectivity index (χ2n) is 6.38. The van der Waals surface area contributed by atoms with Crippen molar-refractivity contribution in [3.63, 3.8) is 0 Å². The number of carbonyl (C=O) groups excluding carboxylic acids is 1. The van der Waals surface area contributed by atoms with Crippen LogP contribution in [0, 0.1) is 5.82 Å². The molecule has 2 heterocycles. The summed E-state index contributed by atoms with van der Waals surface area (Å²) in [5, 5.41) is 16.9. The second-order valence-corrected chi connectivity index (χ2v) is 7.21. The number of hydrogen-bond donors (Lipinski definition) is 4. The topological polar surface area (TPSA) is 76.6 Å². The van der Waals surface area contributed by atoms with Gasteiger partial charge in [0.25, 0.3) is 5.91 Å². The molecule has 1 aromatic carbocycles. The molecule has 2 aliphatic heterocycles. The van der Waals surface area contributed by atoms with Crippen molar-refractivity contribution in [3.8, 4) is 5.75 Å². The molecule has 0 aliphatic carbocycles. The predicted molar refractivity (Wildman–Crippen MR) is 94.6 cm³/mol. The summed E-state index contributed by atoms with van der Waals surface area (Å²) in [6, 6.07) is 2.06. The Balaban J connectivity index is 1.72. The van der Waals surface area contributed by atoms with Crippen LogP contribution in [0.5, 0.6) is 5.75 Å². The van der Waals surface area contributed by atoms with E-state index in [-0.39, 0.29) is 29.9 Å². The zero-order valence-corrected chi connectivity index (χ0v) is 14.7. The molecular formula is C16H23FN4O2S. The van der Waals surface area contributed by atoms with Gasteiger partial charge in [-0.1, -0.05) is 13.3 Å². The number of fused-ring (bicyclic) bond motifs is 1. The molecule has 2 aliphatic rings. The summed E-state index contributed by atoms with van der Waals surface area (Å²) in [6.07, 6.45) is 2.78. The molecule has 2 unspecified atom stereocenters. The Morgan fingerprint density at radius 2 is 2.38 bits per heavy atom. The Hall–Kier alpha value is -1.67. The number of hydrogen-bond acceptors (Lipinski definition) is 6. The Morgan fingerprint density at radius 3 is 3.04 bits per heavy atom. The SMILES string of the molecule is CCCC(C)NCC1Cc2c(cc(O)c(N3CC(=O)NS3)c2F)N1. The summed E-state index contributed by atoms with van der Waals surface area (Å²) in [6.45, 7) is 5.06. The van der Waals surface area contributed by atoms with Gasteiger partial charge in [0, 0.05) is 35.9 Å². The third-order valence-corrected chi connectivity index (χ3v) is 5.22. The molecule has 3 rings (SSSR count). The summed E-state index contributed by atoms with van der Waals surface area (Å²) < 4.78 is 18.9. The molecule has 1 saturated heterocycles. The van der Waals surface area contributed by atoms with E-state index in [2.05, 4.69) is 29.2 Å². The van der Waals surface area contributed by atoms with Crippen molar-refractivity contribution >= 4 is 29.4 Å². The van der Waals surface area contributed by atoms with Crippen molar-refractivity contribution in [3.05, 3.63) is 17.4 Å². The Bertz CT molecular complexity index is 643. The van der Waals surface area contributed by atoms with Crippen molar-refractivity contribution in [1.29, 1.82) is 0 Å². The summed E-state index contributed by atoms with van der Waals surface area (Å²) in [7, 11) is 0. The molecule has 0 radical (unpaired) electrons. The Morgan fingerprint density at radius 1 is 1.58 bits per heavy atom. The number of halogens is 1. The number of phenolic OH excluding ortho intramolecular Hbond substituents is 1. The summed E-state index contributed by atoms with van der Waals surface area (Å²) in [5.41, 5.74) is 1.27. The van der Waals surface area contributed by atoms with E-state index in [0.29, 0.717) is 23.7 Å². The first-order valence-corrected chi connectivity index (χ1v) is 9.04. The van der Waals surface area contributed by atoms with Crippen LogP contribution in [-0.4, -0.2) is 36.2 Å². The van der Waals surface area contributed by atoms with Crippen molar-refractivity contribution in [2.75, 3.05) is 22.7 Å². The van der Waals surface area contributed by atoms with E-state index in [9.17, 15) is 14.3 Å². The van der Waals surface area contributed by atoms with Crippen molar-refractivity contribution < 1.29 is 14.3 Å². The number of nitrogens with one attached hydrogen (secondary N) is 3. The number of aromatic hydroxyl groups is 1. The maximum Gasteiger partial charge on any atom is 0.251 e. The van der Waals surface area contributed by atoms with Gasteiger partial charge in [-0.15, -0.1) is 0 Å². The first-order valence-electron chi connectivity index (χ1n) is 8.27. The van der Waals surface area contributed by atoms with Crippen LogP contribution in [-0.2, 0) is 11.2 Å². The van der Waals surface area contributed by atoms with Gasteiger partial charge < -0.3 is 15.7 Å². The number of benzene rings is 1. The van der Waals surface area contributed by atoms with Crippen LogP contribution in [0.15, 0.2) is 6.07 Å². The van der Waals surface area contributed by atoms with Crippen LogP contribution in [0.2, 0.25) is 0 Å². The number of nitrogens with zero attached hydrogens (tertiary/aromatic N) is 1. The fourth-order valence-electron chi connectivity index (χ4n) is 3.18. The zero-order chi connectivity index (χ0) is 17.3. The Kier molecular flexibility index (Phi) is 5.05. The fraction of sp³-hybridized carbons (Fsp3) is 0.562. The van der Waals surface area contributed by atoms with Crippen molar-refractivity contribution in [2.45, 2.75) is 45.2 Å². The van der Waals surface area contributed by atoms with Gasteiger partial charge in [0.2, 0.25) is 0 Å². The van der Waals surface area contributed by atoms with Crippen molar-refractivity contribution in [1.82, 2.24) is 10.0 Å². The molecule has 132 valence electrons. The normalized spacial score (nSPS) is 20.7. The maximum absolute atomic E-state index is 14.9. The van der Waals surface area contributed by atoms with E-state index in [0.717, 1.165) is 31.5 Å². The van der Waals surface area contributed by atoms with Gasteiger partial charge in [-0.3, -0.25) is 13.8 Å². The first kappa shape index (κ1) is 17.2. The van der Waals surface area contributed by atoms with Gasteiger partial charge in [-0.05, 0) is 19.8 Å². The molecule has 0 aromatic heterocycles. The van der Waals surface area contributed by atoms with Crippen LogP contribution in [0.4, 0.5) is 15.8 Å². The fourth-order valence-corrected chi connectivity index (χ4v) is 3.90. The molecule has 0 bridgehead atoms. The van der Waals surface area contributed by atoms with Gasteiger partial charge in [-0.25, -0.2) is 4.39 Å². The van der Waals surface area contributed by atoms with Crippen LogP contribution in [0.1, 0.15) is 32.3 Å². The van der Waals surface area contributed by atoms with E-state index >= 15 is 0 Å². The molecular weight excluding hydrogens is 331 g/mol. The van der Waals surface area contributed by atoms with Crippen LogP contribution < -0.4 is 19.7 Å². The van der Waals surface area contributed by atoms with E-state index in [4.69, 9.17) is 0 Å². The lowest BCUT2D eigenvalue weighted by molar-refractivity contribution is -0.117. The molecule has 0 saturated carbocycles. The second kappa shape index (κ2) is 7.06. The smallest absolute Gasteiger partial charge is 0.251 e. The largest absolute Gasteiger partial charge is 0.506 e. The van der Waals surface area contributed by atoms with Crippen LogP contribution in [0.3, 0.4) is 0 Å². The van der Waals surface area contributed by atoms with Gasteiger partial charge in [0.1, 0.15) is 18.0 Å². The van der Waals surface area contributed by atoms with Gasteiger partial charge >= 0.3 is 0 Å². The quantitative estimate of drug-likeness (QED) is 0.587. The highest BCUT2D eigenvalue weighted by atomic mass is 32.2. The van der Waals surface area contributed by atoms with Crippen LogP contribution >= 0.6 is 12.1 Å². The lowest BCUT2D eigenvalue weighted by Gasteiger charge is -2.17. The molecule has 2 atom stereocenters. The molecule has 0 spiro atoms. The summed E-state index contributed by atoms with van der Waals surface area (Å²) >= 11 is 0.999. The molecule has 1 amide bonds. The monoisotopic (exact) mass is 354 g/mol. The average Bonchev–Trinajstić information content (AvgIpc) is 3.12. The molecule has 1 aromatic rings. The summed E-state index contributed by atoms with van der Waals surface area (Å²) in [5.74, 6) is -0.814. The Labute approximate surface area is 145 Å². The minimum Gasteiger partial charge on any atom is -0.506 e. The summed E-state index contributed by atoms with van der Waals surface area (Å²) in [4.78, 5) is 11.3. The third-order valence-electron chi connectivity index (χ3n) is 4.37. The average molecular weight is 354 g/mol. The van der Waals surface area contributed by atoms with E-state index in [1.54, 1.807) is 6.07 Å². The molecule has 1 fully saturated rings. The highest BCUT2D eigenvalue weighted by Crippen LogP contribution is 2.42. The van der Waals surface area contributed by atoms with Gasteiger partial charge in [-0.2, -0.15) is 0 Å². The first-order chi connectivity index (χ1) is 11.5. The van der Waals surface area contributed by atoms with Gasteiger partial charge in [0.15, 0.2) is 5.82 Å². The molecule has 8 heteroatoms. The number of carbonyl (C=O) groups is 1.